The second-order valence-corrected chi connectivity index (χ2v) is 8.10. The second-order valence-electron chi connectivity index (χ2n) is 8.10. The fourth-order valence-corrected chi connectivity index (χ4v) is 4.24. The van der Waals surface area contributed by atoms with E-state index in [2.05, 4.69) is 44.8 Å². The molecule has 0 saturated heterocycles. The Morgan fingerprint density at radius 2 is 1.58 bits per heavy atom. The zero-order chi connectivity index (χ0) is 14.3. The highest BCUT2D eigenvalue weighted by Gasteiger charge is 2.48. The molecule has 0 amide bonds. The molecule has 2 fully saturated rings. The van der Waals surface area contributed by atoms with Crippen LogP contribution in [-0.2, 0) is 0 Å². The highest BCUT2D eigenvalue weighted by atomic mass is 15.3. The van der Waals surface area contributed by atoms with Crippen molar-refractivity contribution >= 4 is 0 Å². The molecular formula is C16H33N3. The molecule has 2 aliphatic carbocycles. The third kappa shape index (κ3) is 2.70. The maximum absolute atomic E-state index is 6.19. The number of likely N-dealkylation sites (N-methyl/N-ethyl adjacent to an activating group) is 2. The van der Waals surface area contributed by atoms with Gasteiger partial charge in [-0.2, -0.15) is 0 Å². The topological polar surface area (TPSA) is 32.5 Å². The van der Waals surface area contributed by atoms with Crippen LogP contribution in [0, 0.1) is 5.41 Å². The lowest BCUT2D eigenvalue weighted by Gasteiger charge is -2.52. The molecule has 2 rings (SSSR count). The average molecular weight is 267 g/mol. The molecule has 112 valence electrons. The van der Waals surface area contributed by atoms with Crippen LogP contribution in [0.1, 0.15) is 52.4 Å². The molecule has 3 nitrogen and oxygen atoms in total. The molecule has 0 aromatic heterocycles. The van der Waals surface area contributed by atoms with Gasteiger partial charge in [-0.3, -0.25) is 4.90 Å². The van der Waals surface area contributed by atoms with Crippen molar-refractivity contribution in [1.82, 2.24) is 9.80 Å². The summed E-state index contributed by atoms with van der Waals surface area (Å²) in [5.74, 6) is 0. The average Bonchev–Trinajstić information content (AvgIpc) is 2.60. The van der Waals surface area contributed by atoms with E-state index in [0.717, 1.165) is 6.54 Å². The fourth-order valence-electron chi connectivity index (χ4n) is 4.24. The van der Waals surface area contributed by atoms with Gasteiger partial charge in [0, 0.05) is 24.2 Å². The van der Waals surface area contributed by atoms with Gasteiger partial charge in [0.25, 0.3) is 0 Å². The quantitative estimate of drug-likeness (QED) is 0.829. The lowest BCUT2D eigenvalue weighted by Crippen LogP contribution is -2.62. The van der Waals surface area contributed by atoms with Crippen LogP contribution in [0.5, 0.6) is 0 Å². The second kappa shape index (κ2) is 5.01. The van der Waals surface area contributed by atoms with Crippen LogP contribution in [0.2, 0.25) is 0 Å². The first-order chi connectivity index (χ1) is 8.75. The number of nitrogens with two attached hydrogens (primary N) is 1. The van der Waals surface area contributed by atoms with Crippen molar-refractivity contribution in [3.63, 3.8) is 0 Å². The van der Waals surface area contributed by atoms with Gasteiger partial charge in [0.05, 0.1) is 0 Å². The Kier molecular flexibility index (Phi) is 4.03. The van der Waals surface area contributed by atoms with E-state index in [4.69, 9.17) is 5.73 Å². The fraction of sp³-hybridized carbons (Fsp3) is 1.00. The number of hydrogen-bond acceptors (Lipinski definition) is 3. The van der Waals surface area contributed by atoms with E-state index >= 15 is 0 Å². The molecule has 0 bridgehead atoms. The Hall–Kier alpha value is -0.120. The molecule has 2 aliphatic rings. The first-order valence-corrected chi connectivity index (χ1v) is 7.84. The zero-order valence-electron chi connectivity index (χ0n) is 13.6. The van der Waals surface area contributed by atoms with E-state index in [1.165, 1.54) is 45.1 Å². The minimum atomic E-state index is 0.238. The molecule has 19 heavy (non-hydrogen) atoms. The van der Waals surface area contributed by atoms with Crippen LogP contribution in [0.4, 0.5) is 0 Å². The molecule has 0 radical (unpaired) electrons. The van der Waals surface area contributed by atoms with Gasteiger partial charge < -0.3 is 10.6 Å². The number of nitrogens with zero attached hydrogens (tertiary/aromatic N) is 2. The first kappa shape index (κ1) is 15.3. The summed E-state index contributed by atoms with van der Waals surface area (Å²) in [6.07, 6.45) is 7.88. The maximum atomic E-state index is 6.19. The van der Waals surface area contributed by atoms with Gasteiger partial charge >= 0.3 is 0 Å². The molecule has 2 N–H and O–H groups in total. The van der Waals surface area contributed by atoms with Crippen LogP contribution in [0.25, 0.3) is 0 Å². The minimum absolute atomic E-state index is 0.238. The van der Waals surface area contributed by atoms with Gasteiger partial charge in [-0.1, -0.05) is 13.8 Å². The standard InChI is InChI=1S/C16H33N3/c1-14(2)9-10-16(11-14,12-17)19(5)13-15(18(3)4)7-6-8-15/h6-13,17H2,1-5H3. The summed E-state index contributed by atoms with van der Waals surface area (Å²) in [5.41, 5.74) is 7.29. The van der Waals surface area contributed by atoms with Crippen molar-refractivity contribution < 1.29 is 0 Å². The Bertz CT molecular complexity index is 320. The largest absolute Gasteiger partial charge is 0.329 e. The molecule has 0 aromatic carbocycles. The van der Waals surface area contributed by atoms with Crippen LogP contribution in [0.3, 0.4) is 0 Å². The summed E-state index contributed by atoms with van der Waals surface area (Å²) >= 11 is 0. The van der Waals surface area contributed by atoms with Gasteiger partial charge in [-0.25, -0.2) is 0 Å². The van der Waals surface area contributed by atoms with Crippen LogP contribution < -0.4 is 5.73 Å². The van der Waals surface area contributed by atoms with Gasteiger partial charge in [0.15, 0.2) is 0 Å². The molecule has 1 unspecified atom stereocenters. The SMILES string of the molecule is CN(C)C1(CN(C)C2(CN)CCC(C)(C)C2)CCC1. The summed E-state index contributed by atoms with van der Waals surface area (Å²) in [5, 5.41) is 0. The van der Waals surface area contributed by atoms with E-state index in [9.17, 15) is 0 Å². The van der Waals surface area contributed by atoms with Crippen LogP contribution >= 0.6 is 0 Å². The first-order valence-electron chi connectivity index (χ1n) is 7.84. The van der Waals surface area contributed by atoms with Crippen molar-refractivity contribution in [3.05, 3.63) is 0 Å². The Morgan fingerprint density at radius 3 is 1.89 bits per heavy atom. The van der Waals surface area contributed by atoms with Gasteiger partial charge in [-0.15, -0.1) is 0 Å². The highest BCUT2D eigenvalue weighted by molar-refractivity contribution is 5.05. The number of hydrogen-bond donors (Lipinski definition) is 1. The third-order valence-electron chi connectivity index (χ3n) is 6.03. The molecule has 0 spiro atoms. The summed E-state index contributed by atoms with van der Waals surface area (Å²) in [6, 6.07) is 0. The monoisotopic (exact) mass is 267 g/mol. The Balaban J connectivity index is 2.08. The van der Waals surface area contributed by atoms with Crippen molar-refractivity contribution in [2.75, 3.05) is 34.2 Å². The molecule has 0 aliphatic heterocycles. The highest BCUT2D eigenvalue weighted by Crippen LogP contribution is 2.47. The normalized spacial score (nSPS) is 32.8. The molecule has 3 heteroatoms. The lowest BCUT2D eigenvalue weighted by molar-refractivity contribution is -0.00863. The molecule has 0 aromatic rings. The maximum Gasteiger partial charge on any atom is 0.0334 e. The van der Waals surface area contributed by atoms with E-state index in [-0.39, 0.29) is 5.54 Å². The molecule has 0 heterocycles. The van der Waals surface area contributed by atoms with Gasteiger partial charge in [-0.05, 0) is 65.1 Å². The summed E-state index contributed by atoms with van der Waals surface area (Å²) in [6.45, 7) is 6.76. The van der Waals surface area contributed by atoms with Crippen molar-refractivity contribution in [2.24, 2.45) is 11.1 Å². The molecule has 2 saturated carbocycles. The van der Waals surface area contributed by atoms with Crippen molar-refractivity contribution in [2.45, 2.75) is 63.5 Å². The summed E-state index contributed by atoms with van der Waals surface area (Å²) in [4.78, 5) is 5.04. The zero-order valence-corrected chi connectivity index (χ0v) is 13.6. The van der Waals surface area contributed by atoms with Gasteiger partial charge in [0.1, 0.15) is 0 Å². The van der Waals surface area contributed by atoms with E-state index in [0.29, 0.717) is 11.0 Å². The molecule has 1 atom stereocenters. The molecular weight excluding hydrogens is 234 g/mol. The smallest absolute Gasteiger partial charge is 0.0334 e. The summed E-state index contributed by atoms with van der Waals surface area (Å²) < 4.78 is 0. The minimum Gasteiger partial charge on any atom is -0.329 e. The predicted octanol–water partition coefficient (Wildman–Crippen LogP) is 2.31. The van der Waals surface area contributed by atoms with E-state index < -0.39 is 0 Å². The number of rotatable bonds is 5. The lowest BCUT2D eigenvalue weighted by atomic mass is 9.74. The van der Waals surface area contributed by atoms with Crippen molar-refractivity contribution in [3.8, 4) is 0 Å². The van der Waals surface area contributed by atoms with Crippen molar-refractivity contribution in [1.29, 1.82) is 0 Å². The van der Waals surface area contributed by atoms with Crippen LogP contribution in [-0.4, -0.2) is 55.1 Å². The Morgan fingerprint density at radius 1 is 0.947 bits per heavy atom. The van der Waals surface area contributed by atoms with Crippen LogP contribution in [0.15, 0.2) is 0 Å². The van der Waals surface area contributed by atoms with E-state index in [1.807, 2.05) is 0 Å². The third-order valence-corrected chi connectivity index (χ3v) is 6.03. The Labute approximate surface area is 119 Å². The predicted molar refractivity (Wildman–Crippen MR) is 82.3 cm³/mol. The van der Waals surface area contributed by atoms with Gasteiger partial charge in [0.2, 0.25) is 0 Å². The summed E-state index contributed by atoms with van der Waals surface area (Å²) in [7, 11) is 6.78. The van der Waals surface area contributed by atoms with E-state index in [1.54, 1.807) is 0 Å².